The number of aromatic nitrogens is 2. The van der Waals surface area contributed by atoms with Crippen LogP contribution in [0.1, 0.15) is 52.1 Å². The van der Waals surface area contributed by atoms with Gasteiger partial charge in [0, 0.05) is 4.88 Å². The van der Waals surface area contributed by atoms with E-state index in [1.807, 2.05) is 26.0 Å². The highest BCUT2D eigenvalue weighted by molar-refractivity contribution is 7.18. The van der Waals surface area contributed by atoms with Crippen molar-refractivity contribution < 1.29 is 9.53 Å². The Morgan fingerprint density at radius 1 is 1.28 bits per heavy atom. The number of esters is 1. The number of rotatable bonds is 4. The number of ether oxygens (including phenoxy) is 1. The normalized spacial score (nSPS) is 12.3. The molecule has 25 heavy (non-hydrogen) atoms. The monoisotopic (exact) mass is 356 g/mol. The minimum absolute atomic E-state index is 0.197. The van der Waals surface area contributed by atoms with E-state index in [0.29, 0.717) is 21.6 Å². The molecule has 130 valence electrons. The summed E-state index contributed by atoms with van der Waals surface area (Å²) in [4.78, 5) is 33.6. The number of thiophene rings is 1. The van der Waals surface area contributed by atoms with Crippen LogP contribution in [-0.2, 0) is 11.2 Å². The maximum Gasteiger partial charge on any atom is 0.338 e. The van der Waals surface area contributed by atoms with E-state index in [1.165, 1.54) is 11.3 Å². The van der Waals surface area contributed by atoms with Crippen LogP contribution >= 0.6 is 11.3 Å². The molecule has 0 amide bonds. The van der Waals surface area contributed by atoms with Crippen molar-refractivity contribution >= 4 is 27.5 Å². The molecule has 5 nitrogen and oxygen atoms in total. The molecule has 6 heteroatoms. The molecular weight excluding hydrogens is 336 g/mol. The quantitative estimate of drug-likeness (QED) is 0.715. The predicted octanol–water partition coefficient (Wildman–Crippen LogP) is 4.08. The Kier molecular flexibility index (Phi) is 4.72. The number of nitrogens with zero attached hydrogens (tertiary/aromatic N) is 1. The van der Waals surface area contributed by atoms with Crippen LogP contribution in [0.5, 0.6) is 0 Å². The summed E-state index contributed by atoms with van der Waals surface area (Å²) in [5.41, 5.74) is 2.39. The molecule has 0 aliphatic carbocycles. The van der Waals surface area contributed by atoms with Gasteiger partial charge in [-0.15, -0.1) is 11.3 Å². The second-order valence-corrected chi connectivity index (χ2v) is 7.22. The average Bonchev–Trinajstić information content (AvgIpc) is 2.89. The molecule has 3 aromatic rings. The number of benzene rings is 1. The molecule has 1 atom stereocenters. The van der Waals surface area contributed by atoms with Gasteiger partial charge in [-0.2, -0.15) is 0 Å². The maximum atomic E-state index is 12.3. The van der Waals surface area contributed by atoms with E-state index in [4.69, 9.17) is 4.74 Å². The van der Waals surface area contributed by atoms with E-state index in [1.54, 1.807) is 19.1 Å². The SMILES string of the molecule is CCc1ccc(C(=O)O[C@@H](C)c2nc3sc(C)c(C)c3c(=O)[nH]2)cc1. The molecule has 0 fully saturated rings. The second-order valence-electron chi connectivity index (χ2n) is 6.01. The first-order valence-electron chi connectivity index (χ1n) is 8.20. The minimum Gasteiger partial charge on any atom is -0.451 e. The van der Waals surface area contributed by atoms with Crippen molar-refractivity contribution in [2.24, 2.45) is 0 Å². The average molecular weight is 356 g/mol. The van der Waals surface area contributed by atoms with Gasteiger partial charge in [0.2, 0.25) is 0 Å². The third-order valence-electron chi connectivity index (χ3n) is 4.32. The van der Waals surface area contributed by atoms with Gasteiger partial charge in [-0.05, 0) is 50.5 Å². The molecule has 0 saturated heterocycles. The highest BCUT2D eigenvalue weighted by Gasteiger charge is 2.19. The second kappa shape index (κ2) is 6.80. The van der Waals surface area contributed by atoms with Crippen LogP contribution in [0.2, 0.25) is 0 Å². The van der Waals surface area contributed by atoms with Crippen molar-refractivity contribution in [3.05, 3.63) is 62.0 Å². The number of aromatic amines is 1. The molecule has 2 aromatic heterocycles. The maximum absolute atomic E-state index is 12.3. The summed E-state index contributed by atoms with van der Waals surface area (Å²) in [5.74, 6) is -0.0753. The molecule has 0 unspecified atom stereocenters. The zero-order chi connectivity index (χ0) is 18.1. The molecule has 0 bridgehead atoms. The fraction of sp³-hybridized carbons (Fsp3) is 0.316. The number of H-pyrrole nitrogens is 1. The minimum atomic E-state index is -0.641. The van der Waals surface area contributed by atoms with Gasteiger partial charge in [0.05, 0.1) is 10.9 Å². The van der Waals surface area contributed by atoms with Crippen LogP contribution in [0.15, 0.2) is 29.1 Å². The molecule has 0 radical (unpaired) electrons. The van der Waals surface area contributed by atoms with Gasteiger partial charge in [0.1, 0.15) is 4.83 Å². The Balaban J connectivity index is 1.85. The Labute approximate surface area is 149 Å². The fourth-order valence-electron chi connectivity index (χ4n) is 2.62. The summed E-state index contributed by atoms with van der Waals surface area (Å²) in [6, 6.07) is 7.31. The number of carbonyl (C=O) groups is 1. The number of carbonyl (C=O) groups excluding carboxylic acids is 1. The highest BCUT2D eigenvalue weighted by atomic mass is 32.1. The van der Waals surface area contributed by atoms with Gasteiger partial charge in [-0.3, -0.25) is 4.79 Å². The van der Waals surface area contributed by atoms with E-state index in [2.05, 4.69) is 16.9 Å². The van der Waals surface area contributed by atoms with Crippen LogP contribution < -0.4 is 5.56 Å². The van der Waals surface area contributed by atoms with Gasteiger partial charge in [0.25, 0.3) is 5.56 Å². The zero-order valence-electron chi connectivity index (χ0n) is 14.7. The molecular formula is C19H20N2O3S. The molecule has 0 aliphatic heterocycles. The third kappa shape index (κ3) is 3.35. The number of hydrogen-bond donors (Lipinski definition) is 1. The fourth-order valence-corrected chi connectivity index (χ4v) is 3.66. The Bertz CT molecular complexity index is 986. The van der Waals surface area contributed by atoms with Crippen molar-refractivity contribution in [3.63, 3.8) is 0 Å². The summed E-state index contributed by atoms with van der Waals surface area (Å²) < 4.78 is 5.47. The Morgan fingerprint density at radius 2 is 1.96 bits per heavy atom. The van der Waals surface area contributed by atoms with Crippen LogP contribution in [0.4, 0.5) is 0 Å². The molecule has 0 aliphatic rings. The summed E-state index contributed by atoms with van der Waals surface area (Å²) in [5, 5.41) is 0.611. The van der Waals surface area contributed by atoms with Gasteiger partial charge >= 0.3 is 5.97 Å². The summed E-state index contributed by atoms with van der Waals surface area (Å²) in [7, 11) is 0. The lowest BCUT2D eigenvalue weighted by molar-refractivity contribution is 0.0320. The first-order chi connectivity index (χ1) is 11.9. The lowest BCUT2D eigenvalue weighted by Gasteiger charge is -2.12. The zero-order valence-corrected chi connectivity index (χ0v) is 15.5. The van der Waals surface area contributed by atoms with Gasteiger partial charge in [-0.25, -0.2) is 9.78 Å². The lowest BCUT2D eigenvalue weighted by Crippen LogP contribution is -2.17. The number of hydrogen-bond acceptors (Lipinski definition) is 5. The van der Waals surface area contributed by atoms with Crippen molar-refractivity contribution in [1.29, 1.82) is 0 Å². The number of aryl methyl sites for hydroxylation is 3. The first kappa shape index (κ1) is 17.4. The van der Waals surface area contributed by atoms with Crippen LogP contribution in [0.3, 0.4) is 0 Å². The van der Waals surface area contributed by atoms with Crippen molar-refractivity contribution in [3.8, 4) is 0 Å². The third-order valence-corrected chi connectivity index (χ3v) is 5.43. The molecule has 1 N–H and O–H groups in total. The van der Waals surface area contributed by atoms with E-state index in [0.717, 1.165) is 22.4 Å². The Hall–Kier alpha value is -2.47. The largest absolute Gasteiger partial charge is 0.451 e. The van der Waals surface area contributed by atoms with E-state index >= 15 is 0 Å². The number of nitrogens with one attached hydrogen (secondary N) is 1. The van der Waals surface area contributed by atoms with Gasteiger partial charge < -0.3 is 9.72 Å². The van der Waals surface area contributed by atoms with E-state index < -0.39 is 12.1 Å². The molecule has 2 heterocycles. The van der Waals surface area contributed by atoms with Crippen molar-refractivity contribution in [2.45, 2.75) is 40.2 Å². The smallest absolute Gasteiger partial charge is 0.338 e. The van der Waals surface area contributed by atoms with Gasteiger partial charge in [-0.1, -0.05) is 19.1 Å². The van der Waals surface area contributed by atoms with Crippen LogP contribution in [0, 0.1) is 13.8 Å². The lowest BCUT2D eigenvalue weighted by atomic mass is 10.1. The summed E-state index contributed by atoms with van der Waals surface area (Å²) in [6.07, 6.45) is 0.273. The first-order valence-corrected chi connectivity index (χ1v) is 9.02. The molecule has 3 rings (SSSR count). The molecule has 0 spiro atoms. The molecule has 0 saturated carbocycles. The summed E-state index contributed by atoms with van der Waals surface area (Å²) >= 11 is 1.47. The van der Waals surface area contributed by atoms with Crippen molar-refractivity contribution in [2.75, 3.05) is 0 Å². The standard InChI is InChI=1S/C19H20N2O3S/c1-5-13-6-8-14(9-7-13)19(23)24-11(3)16-20-17(22)15-10(2)12(4)25-18(15)21-16/h6-9,11H,5H2,1-4H3,(H,20,21,22)/t11-/m0/s1. The van der Waals surface area contributed by atoms with E-state index in [9.17, 15) is 9.59 Å². The Morgan fingerprint density at radius 3 is 2.60 bits per heavy atom. The van der Waals surface area contributed by atoms with Crippen LogP contribution in [-0.4, -0.2) is 15.9 Å². The highest BCUT2D eigenvalue weighted by Crippen LogP contribution is 2.27. The number of fused-ring (bicyclic) bond motifs is 1. The van der Waals surface area contributed by atoms with E-state index in [-0.39, 0.29) is 5.56 Å². The van der Waals surface area contributed by atoms with Crippen molar-refractivity contribution in [1.82, 2.24) is 9.97 Å². The topological polar surface area (TPSA) is 72.0 Å². The molecule has 1 aromatic carbocycles. The van der Waals surface area contributed by atoms with Crippen LogP contribution in [0.25, 0.3) is 10.2 Å². The predicted molar refractivity (Wildman–Crippen MR) is 99.4 cm³/mol. The summed E-state index contributed by atoms with van der Waals surface area (Å²) in [6.45, 7) is 7.63. The van der Waals surface area contributed by atoms with Gasteiger partial charge in [0.15, 0.2) is 11.9 Å².